The summed E-state index contributed by atoms with van der Waals surface area (Å²) in [4.78, 5) is 11.7. The van der Waals surface area contributed by atoms with Gasteiger partial charge in [-0.3, -0.25) is 4.79 Å². The number of ether oxygens (including phenoxy) is 2. The number of hydrogen-bond acceptors (Lipinski definition) is 4. The Morgan fingerprint density at radius 1 is 1.30 bits per heavy atom. The van der Waals surface area contributed by atoms with Crippen LogP contribution in [0.25, 0.3) is 0 Å². The first-order valence-electron chi connectivity index (χ1n) is 8.04. The van der Waals surface area contributed by atoms with Gasteiger partial charge in [0.1, 0.15) is 0 Å². The number of amides is 1. The molecule has 2 rings (SSSR count). The van der Waals surface area contributed by atoms with Crippen LogP contribution in [0.4, 0.5) is 0 Å². The minimum Gasteiger partial charge on any atom is -0.378 e. The highest BCUT2D eigenvalue weighted by Crippen LogP contribution is 2.20. The maximum atomic E-state index is 11.7. The van der Waals surface area contributed by atoms with Crippen molar-refractivity contribution in [2.24, 2.45) is 0 Å². The maximum absolute atomic E-state index is 11.7. The Bertz CT molecular complexity index is 274. The molecule has 1 heterocycles. The first-order chi connectivity index (χ1) is 9.84. The second kappa shape index (κ2) is 9.32. The van der Waals surface area contributed by atoms with Gasteiger partial charge in [-0.1, -0.05) is 19.3 Å². The van der Waals surface area contributed by atoms with Crippen molar-refractivity contribution >= 4 is 5.91 Å². The van der Waals surface area contributed by atoms with Gasteiger partial charge in [0.25, 0.3) is 0 Å². The lowest BCUT2D eigenvalue weighted by Gasteiger charge is -2.23. The van der Waals surface area contributed by atoms with Crippen LogP contribution >= 0.6 is 0 Å². The molecule has 1 saturated heterocycles. The molecule has 2 N–H and O–H groups in total. The van der Waals surface area contributed by atoms with Crippen molar-refractivity contribution in [1.82, 2.24) is 10.6 Å². The highest BCUT2D eigenvalue weighted by Gasteiger charge is 2.16. The van der Waals surface area contributed by atoms with E-state index in [0.717, 1.165) is 26.2 Å². The van der Waals surface area contributed by atoms with Gasteiger partial charge in [-0.2, -0.15) is 0 Å². The van der Waals surface area contributed by atoms with E-state index in [9.17, 15) is 4.79 Å². The Balaban J connectivity index is 1.44. The summed E-state index contributed by atoms with van der Waals surface area (Å²) in [5.41, 5.74) is 0. The lowest BCUT2D eigenvalue weighted by molar-refractivity contribution is -0.122. The smallest absolute Gasteiger partial charge is 0.221 e. The second-order valence-electron chi connectivity index (χ2n) is 5.76. The standard InChI is InChI=1S/C15H28N2O3/c18-15(11-13-12-19-10-8-16-13)17-7-4-9-20-14-5-2-1-3-6-14/h13-14,16H,1-12H2,(H,17,18). The third-order valence-electron chi connectivity index (χ3n) is 3.98. The summed E-state index contributed by atoms with van der Waals surface area (Å²) in [6.45, 7) is 3.69. The van der Waals surface area contributed by atoms with Gasteiger partial charge in [-0.15, -0.1) is 0 Å². The van der Waals surface area contributed by atoms with E-state index >= 15 is 0 Å². The van der Waals surface area contributed by atoms with Crippen molar-refractivity contribution in [3.63, 3.8) is 0 Å². The largest absolute Gasteiger partial charge is 0.378 e. The van der Waals surface area contributed by atoms with Crippen LogP contribution in [0.3, 0.4) is 0 Å². The summed E-state index contributed by atoms with van der Waals surface area (Å²) in [5.74, 6) is 0.102. The van der Waals surface area contributed by atoms with E-state index < -0.39 is 0 Å². The van der Waals surface area contributed by atoms with Gasteiger partial charge in [0.2, 0.25) is 5.91 Å². The van der Waals surface area contributed by atoms with Gasteiger partial charge >= 0.3 is 0 Å². The number of carbonyl (C=O) groups excluding carboxylic acids is 1. The first kappa shape index (κ1) is 15.7. The summed E-state index contributed by atoms with van der Waals surface area (Å²) in [5, 5.41) is 6.24. The zero-order chi connectivity index (χ0) is 14.0. The van der Waals surface area contributed by atoms with Gasteiger partial charge in [0, 0.05) is 32.2 Å². The Kier molecular flexibility index (Phi) is 7.33. The number of morpholine rings is 1. The minimum atomic E-state index is 0.102. The fraction of sp³-hybridized carbons (Fsp3) is 0.933. The van der Waals surface area contributed by atoms with Crippen LogP contribution in [-0.2, 0) is 14.3 Å². The molecule has 0 aromatic heterocycles. The van der Waals surface area contributed by atoms with Gasteiger partial charge in [0.05, 0.1) is 19.3 Å². The molecule has 0 bridgehead atoms. The van der Waals surface area contributed by atoms with Gasteiger partial charge in [-0.25, -0.2) is 0 Å². The molecule has 0 aromatic rings. The number of hydrogen-bond donors (Lipinski definition) is 2. The molecule has 116 valence electrons. The van der Waals surface area contributed by atoms with Crippen LogP contribution in [0.1, 0.15) is 44.9 Å². The topological polar surface area (TPSA) is 59.6 Å². The summed E-state index contributed by atoms with van der Waals surface area (Å²) < 4.78 is 11.2. The van der Waals surface area contributed by atoms with E-state index in [0.29, 0.717) is 25.7 Å². The lowest BCUT2D eigenvalue weighted by atomic mass is 9.98. The SMILES string of the molecule is O=C(CC1COCCN1)NCCCOC1CCCCC1. The van der Waals surface area contributed by atoms with Gasteiger partial charge in [-0.05, 0) is 19.3 Å². The summed E-state index contributed by atoms with van der Waals surface area (Å²) in [6.07, 6.45) is 8.24. The summed E-state index contributed by atoms with van der Waals surface area (Å²) >= 11 is 0. The van der Waals surface area contributed by atoms with Crippen LogP contribution in [0.5, 0.6) is 0 Å². The van der Waals surface area contributed by atoms with Crippen molar-refractivity contribution in [2.45, 2.75) is 57.1 Å². The van der Waals surface area contributed by atoms with Gasteiger partial charge < -0.3 is 20.1 Å². The molecule has 1 unspecified atom stereocenters. The molecule has 1 aliphatic heterocycles. The number of carbonyl (C=O) groups is 1. The average Bonchev–Trinajstić information content (AvgIpc) is 2.49. The van der Waals surface area contributed by atoms with Crippen molar-refractivity contribution in [3.8, 4) is 0 Å². The molecular formula is C15H28N2O3. The number of rotatable bonds is 7. The fourth-order valence-corrected chi connectivity index (χ4v) is 2.83. The molecule has 0 aromatic carbocycles. The molecule has 20 heavy (non-hydrogen) atoms. The predicted molar refractivity (Wildman–Crippen MR) is 77.7 cm³/mol. The maximum Gasteiger partial charge on any atom is 0.221 e. The van der Waals surface area contributed by atoms with Crippen molar-refractivity contribution in [3.05, 3.63) is 0 Å². The molecule has 0 spiro atoms. The van der Waals surface area contributed by atoms with Crippen molar-refractivity contribution in [2.75, 3.05) is 32.9 Å². The van der Waals surface area contributed by atoms with Crippen molar-refractivity contribution in [1.29, 1.82) is 0 Å². The van der Waals surface area contributed by atoms with E-state index in [2.05, 4.69) is 10.6 Å². The molecule has 0 radical (unpaired) electrons. The Labute approximate surface area is 121 Å². The van der Waals surface area contributed by atoms with E-state index in [-0.39, 0.29) is 11.9 Å². The second-order valence-corrected chi connectivity index (χ2v) is 5.76. The van der Waals surface area contributed by atoms with Crippen LogP contribution in [0.2, 0.25) is 0 Å². The fourth-order valence-electron chi connectivity index (χ4n) is 2.83. The highest BCUT2D eigenvalue weighted by atomic mass is 16.5. The molecule has 1 atom stereocenters. The van der Waals surface area contributed by atoms with Crippen LogP contribution in [-0.4, -0.2) is 51.0 Å². The normalized spacial score (nSPS) is 24.5. The molecule has 5 heteroatoms. The number of nitrogens with one attached hydrogen (secondary N) is 2. The van der Waals surface area contributed by atoms with Crippen LogP contribution in [0.15, 0.2) is 0 Å². The Morgan fingerprint density at radius 3 is 2.90 bits per heavy atom. The molecule has 2 fully saturated rings. The van der Waals surface area contributed by atoms with E-state index in [4.69, 9.17) is 9.47 Å². The van der Waals surface area contributed by atoms with E-state index in [1.54, 1.807) is 0 Å². The van der Waals surface area contributed by atoms with Crippen LogP contribution < -0.4 is 10.6 Å². The highest BCUT2D eigenvalue weighted by molar-refractivity contribution is 5.76. The molecule has 1 saturated carbocycles. The molecule has 1 aliphatic carbocycles. The predicted octanol–water partition coefficient (Wildman–Crippen LogP) is 1.22. The Morgan fingerprint density at radius 2 is 2.15 bits per heavy atom. The average molecular weight is 284 g/mol. The quantitative estimate of drug-likeness (QED) is 0.690. The zero-order valence-electron chi connectivity index (χ0n) is 12.4. The summed E-state index contributed by atoms with van der Waals surface area (Å²) in [7, 11) is 0. The van der Waals surface area contributed by atoms with E-state index in [1.165, 1.54) is 32.1 Å². The van der Waals surface area contributed by atoms with Gasteiger partial charge in [0.15, 0.2) is 0 Å². The lowest BCUT2D eigenvalue weighted by Crippen LogP contribution is -2.44. The third-order valence-corrected chi connectivity index (χ3v) is 3.98. The van der Waals surface area contributed by atoms with Crippen molar-refractivity contribution < 1.29 is 14.3 Å². The Hall–Kier alpha value is -0.650. The molecule has 2 aliphatic rings. The molecule has 1 amide bonds. The monoisotopic (exact) mass is 284 g/mol. The molecular weight excluding hydrogens is 256 g/mol. The summed E-state index contributed by atoms with van der Waals surface area (Å²) in [6, 6.07) is 0.169. The third kappa shape index (κ3) is 6.20. The minimum absolute atomic E-state index is 0.102. The van der Waals surface area contributed by atoms with Crippen LogP contribution in [0, 0.1) is 0 Å². The zero-order valence-corrected chi connectivity index (χ0v) is 12.4. The first-order valence-corrected chi connectivity index (χ1v) is 8.04. The van der Waals surface area contributed by atoms with E-state index in [1.807, 2.05) is 0 Å². The molecule has 5 nitrogen and oxygen atoms in total.